The van der Waals surface area contributed by atoms with Crippen LogP contribution < -0.4 is 0 Å². The average Bonchev–Trinajstić information content (AvgIpc) is 2.52. The number of aliphatic hydroxyl groups excluding tert-OH is 3. The summed E-state index contributed by atoms with van der Waals surface area (Å²) in [5, 5.41) is 29.6. The fraction of sp³-hybridized carbons (Fsp3) is 0.800. The van der Waals surface area contributed by atoms with E-state index in [9.17, 15) is 10.2 Å². The van der Waals surface area contributed by atoms with E-state index in [1.54, 1.807) is 0 Å². The van der Waals surface area contributed by atoms with Crippen LogP contribution >= 0.6 is 0 Å². The van der Waals surface area contributed by atoms with Crippen LogP contribution in [-0.4, -0.2) is 34.6 Å². The van der Waals surface area contributed by atoms with Crippen molar-refractivity contribution in [3.05, 3.63) is 22.8 Å². The highest BCUT2D eigenvalue weighted by Gasteiger charge is 2.50. The van der Waals surface area contributed by atoms with E-state index < -0.39 is 0 Å². The van der Waals surface area contributed by atoms with Gasteiger partial charge in [-0.05, 0) is 62.7 Å². The Morgan fingerprint density at radius 1 is 1.35 bits per heavy atom. The Hall–Kier alpha value is -0.640. The largest absolute Gasteiger partial charge is 0.396 e. The minimum atomic E-state index is -0.315. The molecule has 0 aliphatic heterocycles. The quantitative estimate of drug-likeness (QED) is 0.655. The lowest BCUT2D eigenvalue weighted by Gasteiger charge is -2.53. The molecule has 2 rings (SSSR count). The predicted molar refractivity (Wildman–Crippen MR) is 94.0 cm³/mol. The van der Waals surface area contributed by atoms with E-state index in [-0.39, 0.29) is 36.6 Å². The van der Waals surface area contributed by atoms with Gasteiger partial charge < -0.3 is 15.3 Å². The molecule has 3 N–H and O–H groups in total. The van der Waals surface area contributed by atoms with Gasteiger partial charge in [-0.25, -0.2) is 0 Å². The summed E-state index contributed by atoms with van der Waals surface area (Å²) < 4.78 is 0. The first kappa shape index (κ1) is 18.7. The van der Waals surface area contributed by atoms with Crippen LogP contribution in [0, 0.1) is 17.3 Å². The number of aliphatic hydroxyl groups is 3. The molecule has 0 aromatic heterocycles. The molecule has 1 unspecified atom stereocenters. The minimum Gasteiger partial charge on any atom is -0.396 e. The van der Waals surface area contributed by atoms with Gasteiger partial charge in [0, 0.05) is 6.61 Å². The zero-order valence-electron chi connectivity index (χ0n) is 15.0. The predicted octanol–water partition coefficient (Wildman–Crippen LogP) is 3.59. The molecule has 2 aliphatic rings. The molecular formula is C20H34O3. The maximum atomic E-state index is 10.8. The second-order valence-electron chi connectivity index (χ2n) is 7.72. The molecule has 3 nitrogen and oxygen atoms in total. The SMILES string of the molecule is CCC1=C(CC/C(C)=C/CO)[C@@]2(C)CCC[C@H](CO)C2[C@@H](O)C1. The molecule has 0 bridgehead atoms. The van der Waals surface area contributed by atoms with Gasteiger partial charge in [-0.2, -0.15) is 0 Å². The Bertz CT molecular complexity index is 466. The second kappa shape index (κ2) is 7.96. The fourth-order valence-electron chi connectivity index (χ4n) is 5.20. The van der Waals surface area contributed by atoms with Crippen LogP contribution in [0.15, 0.2) is 22.8 Å². The van der Waals surface area contributed by atoms with Gasteiger partial charge in [0.15, 0.2) is 0 Å². The van der Waals surface area contributed by atoms with Crippen LogP contribution in [0.2, 0.25) is 0 Å². The van der Waals surface area contributed by atoms with Gasteiger partial charge in [0.1, 0.15) is 0 Å². The minimum absolute atomic E-state index is 0.0220. The zero-order chi connectivity index (χ0) is 17.0. The van der Waals surface area contributed by atoms with E-state index in [0.29, 0.717) is 0 Å². The van der Waals surface area contributed by atoms with Crippen molar-refractivity contribution >= 4 is 0 Å². The third-order valence-electron chi connectivity index (χ3n) is 6.37. The topological polar surface area (TPSA) is 60.7 Å². The molecule has 1 fully saturated rings. The lowest BCUT2D eigenvalue weighted by molar-refractivity contribution is -0.0520. The van der Waals surface area contributed by atoms with Crippen LogP contribution in [-0.2, 0) is 0 Å². The summed E-state index contributed by atoms with van der Waals surface area (Å²) in [5.74, 6) is 0.417. The molecule has 0 saturated heterocycles. The first-order valence-electron chi connectivity index (χ1n) is 9.24. The van der Waals surface area contributed by atoms with Gasteiger partial charge in [-0.3, -0.25) is 0 Å². The summed E-state index contributed by atoms with van der Waals surface area (Å²) >= 11 is 0. The lowest BCUT2D eigenvalue weighted by atomic mass is 9.53. The maximum absolute atomic E-state index is 10.8. The third-order valence-corrected chi connectivity index (χ3v) is 6.37. The van der Waals surface area contributed by atoms with E-state index in [1.165, 1.54) is 16.7 Å². The van der Waals surface area contributed by atoms with E-state index >= 15 is 0 Å². The zero-order valence-corrected chi connectivity index (χ0v) is 15.0. The van der Waals surface area contributed by atoms with Gasteiger partial charge in [0.25, 0.3) is 0 Å². The Morgan fingerprint density at radius 2 is 2.09 bits per heavy atom. The van der Waals surface area contributed by atoms with E-state index in [4.69, 9.17) is 5.11 Å². The Labute approximate surface area is 141 Å². The standard InChI is InChI=1S/C20H34O3/c1-4-15-12-18(23)19-16(13-22)6-5-10-20(19,3)17(15)8-7-14(2)9-11-21/h9,16,18-19,21-23H,4-8,10-13H2,1-3H3/b14-9+/t16-,18+,19?,20-/m1/s1. The molecule has 132 valence electrons. The molecule has 2 aliphatic carbocycles. The lowest BCUT2D eigenvalue weighted by Crippen LogP contribution is -2.49. The molecule has 3 heteroatoms. The van der Waals surface area contributed by atoms with Crippen LogP contribution in [0.25, 0.3) is 0 Å². The van der Waals surface area contributed by atoms with Gasteiger partial charge in [-0.15, -0.1) is 0 Å². The Balaban J connectivity index is 2.32. The average molecular weight is 322 g/mol. The highest BCUT2D eigenvalue weighted by molar-refractivity contribution is 5.30. The van der Waals surface area contributed by atoms with Crippen LogP contribution in [0.4, 0.5) is 0 Å². The molecular weight excluding hydrogens is 288 g/mol. The maximum Gasteiger partial charge on any atom is 0.0617 e. The summed E-state index contributed by atoms with van der Waals surface area (Å²) in [6.07, 6.45) is 8.62. The van der Waals surface area contributed by atoms with Crippen molar-refractivity contribution in [3.63, 3.8) is 0 Å². The van der Waals surface area contributed by atoms with Crippen molar-refractivity contribution in [1.29, 1.82) is 0 Å². The Kier molecular flexibility index (Phi) is 6.47. The first-order chi connectivity index (χ1) is 11.0. The van der Waals surface area contributed by atoms with Crippen LogP contribution in [0.3, 0.4) is 0 Å². The number of hydrogen-bond acceptors (Lipinski definition) is 3. The fourth-order valence-corrected chi connectivity index (χ4v) is 5.20. The molecule has 1 saturated carbocycles. The molecule has 0 spiro atoms. The van der Waals surface area contributed by atoms with Crippen molar-refractivity contribution in [3.8, 4) is 0 Å². The summed E-state index contributed by atoms with van der Waals surface area (Å²) in [5.41, 5.74) is 4.20. The molecule has 4 atom stereocenters. The highest BCUT2D eigenvalue weighted by Crippen LogP contribution is 2.56. The summed E-state index contributed by atoms with van der Waals surface area (Å²) in [6.45, 7) is 6.88. The molecule has 0 aromatic carbocycles. The molecule has 0 radical (unpaired) electrons. The van der Waals surface area contributed by atoms with E-state index in [2.05, 4.69) is 20.8 Å². The van der Waals surface area contributed by atoms with Crippen LogP contribution in [0.1, 0.15) is 65.7 Å². The van der Waals surface area contributed by atoms with Crippen molar-refractivity contribution in [2.75, 3.05) is 13.2 Å². The molecule has 23 heavy (non-hydrogen) atoms. The van der Waals surface area contributed by atoms with Gasteiger partial charge in [-0.1, -0.05) is 43.1 Å². The normalized spacial score (nSPS) is 35.4. The second-order valence-corrected chi connectivity index (χ2v) is 7.72. The van der Waals surface area contributed by atoms with Gasteiger partial charge >= 0.3 is 0 Å². The Morgan fingerprint density at radius 3 is 2.70 bits per heavy atom. The monoisotopic (exact) mass is 322 g/mol. The van der Waals surface area contributed by atoms with Gasteiger partial charge in [0.2, 0.25) is 0 Å². The number of hydrogen-bond donors (Lipinski definition) is 3. The van der Waals surface area contributed by atoms with E-state index in [1.807, 2.05) is 6.08 Å². The summed E-state index contributed by atoms with van der Waals surface area (Å²) in [4.78, 5) is 0. The van der Waals surface area contributed by atoms with Crippen molar-refractivity contribution < 1.29 is 15.3 Å². The summed E-state index contributed by atoms with van der Waals surface area (Å²) in [6, 6.07) is 0. The highest BCUT2D eigenvalue weighted by atomic mass is 16.3. The number of allylic oxidation sites excluding steroid dienone is 2. The van der Waals surface area contributed by atoms with Crippen molar-refractivity contribution in [2.24, 2.45) is 17.3 Å². The van der Waals surface area contributed by atoms with Gasteiger partial charge in [0.05, 0.1) is 12.7 Å². The summed E-state index contributed by atoms with van der Waals surface area (Å²) in [7, 11) is 0. The smallest absolute Gasteiger partial charge is 0.0617 e. The van der Waals surface area contributed by atoms with Crippen molar-refractivity contribution in [2.45, 2.75) is 71.8 Å². The van der Waals surface area contributed by atoms with Crippen LogP contribution in [0.5, 0.6) is 0 Å². The molecule has 0 heterocycles. The third kappa shape index (κ3) is 3.72. The first-order valence-corrected chi connectivity index (χ1v) is 9.24. The van der Waals surface area contributed by atoms with E-state index in [0.717, 1.165) is 44.9 Å². The number of rotatable bonds is 6. The molecule has 0 amide bonds. The molecule has 0 aromatic rings. The van der Waals surface area contributed by atoms with Crippen molar-refractivity contribution in [1.82, 2.24) is 0 Å². The number of fused-ring (bicyclic) bond motifs is 1.